The molecule has 0 fully saturated rings. The van der Waals surface area contributed by atoms with Gasteiger partial charge in [-0.15, -0.1) is 0 Å². The van der Waals surface area contributed by atoms with E-state index in [2.05, 4.69) is 16.0 Å². The Morgan fingerprint density at radius 3 is 1.72 bits per heavy atom. The number of nitrogens with one attached hydrogen (secondary N) is 3. The first-order valence-corrected chi connectivity index (χ1v) is 11.1. The third-order valence-electron chi connectivity index (χ3n) is 4.30. The first-order valence-electron chi connectivity index (χ1n) is 9.68. The van der Waals surface area contributed by atoms with Gasteiger partial charge in [-0.1, -0.05) is 13.8 Å². The Hall–Kier alpha value is -2.87. The van der Waals surface area contributed by atoms with Gasteiger partial charge in [-0.05, 0) is 24.3 Å². The van der Waals surface area contributed by atoms with Crippen molar-refractivity contribution in [3.05, 3.63) is 0 Å². The van der Waals surface area contributed by atoms with Gasteiger partial charge < -0.3 is 37.6 Å². The molecule has 0 aliphatic carbocycles. The van der Waals surface area contributed by atoms with Crippen LogP contribution in [0, 0.1) is 5.92 Å². The summed E-state index contributed by atoms with van der Waals surface area (Å²) in [7, 11) is 0. The summed E-state index contributed by atoms with van der Waals surface area (Å²) in [6, 6.07) is -5.47. The SMILES string of the molecule is CSCCC(NC(=O)C(CC(=O)O)NC(=O)C(CC(N)=O)NC(=O)C(N)C(C)C)C(=O)O. The van der Waals surface area contributed by atoms with Gasteiger partial charge in [0.25, 0.3) is 0 Å². The molecule has 4 unspecified atom stereocenters. The predicted octanol–water partition coefficient (Wildman–Crippen LogP) is -2.39. The molecule has 0 bridgehead atoms. The predicted molar refractivity (Wildman–Crippen MR) is 115 cm³/mol. The highest BCUT2D eigenvalue weighted by atomic mass is 32.2. The number of carbonyl (C=O) groups is 6. The van der Waals surface area contributed by atoms with Crippen LogP contribution in [-0.4, -0.2) is 82.0 Å². The number of thioether (sulfide) groups is 1. The molecular formula is C18H31N5O8S. The molecule has 0 aromatic heterocycles. The van der Waals surface area contributed by atoms with Gasteiger partial charge in [-0.2, -0.15) is 11.8 Å². The zero-order chi connectivity index (χ0) is 25.0. The molecule has 0 rings (SSSR count). The lowest BCUT2D eigenvalue weighted by Gasteiger charge is -2.24. The number of primary amides is 1. The second kappa shape index (κ2) is 14.2. The maximum absolute atomic E-state index is 12.6. The van der Waals surface area contributed by atoms with Crippen LogP contribution in [0.1, 0.15) is 33.1 Å². The fraction of sp³-hybridized carbons (Fsp3) is 0.667. The number of amides is 4. The Bertz CT molecular complexity index is 717. The lowest BCUT2D eigenvalue weighted by molar-refractivity contribution is -0.144. The second-order valence-electron chi connectivity index (χ2n) is 7.34. The molecule has 0 saturated carbocycles. The van der Waals surface area contributed by atoms with Crippen LogP contribution in [0.3, 0.4) is 0 Å². The van der Waals surface area contributed by atoms with Crippen molar-refractivity contribution < 1.29 is 39.0 Å². The summed E-state index contributed by atoms with van der Waals surface area (Å²) in [4.78, 5) is 71.2. The maximum atomic E-state index is 12.6. The molecule has 0 radical (unpaired) electrons. The molecule has 182 valence electrons. The molecule has 4 atom stereocenters. The minimum Gasteiger partial charge on any atom is -0.481 e. The molecule has 0 aromatic rings. The number of nitrogens with two attached hydrogens (primary N) is 2. The Balaban J connectivity index is 5.51. The van der Waals surface area contributed by atoms with Crippen molar-refractivity contribution in [3.8, 4) is 0 Å². The fourth-order valence-electron chi connectivity index (χ4n) is 2.40. The zero-order valence-corrected chi connectivity index (χ0v) is 18.9. The molecule has 0 heterocycles. The smallest absolute Gasteiger partial charge is 0.326 e. The van der Waals surface area contributed by atoms with Crippen molar-refractivity contribution in [2.24, 2.45) is 17.4 Å². The van der Waals surface area contributed by atoms with Gasteiger partial charge in [0, 0.05) is 0 Å². The number of hydrogen-bond acceptors (Lipinski definition) is 8. The van der Waals surface area contributed by atoms with E-state index in [-0.39, 0.29) is 12.3 Å². The summed E-state index contributed by atoms with van der Waals surface area (Å²) in [6.45, 7) is 3.33. The molecule has 0 saturated heterocycles. The monoisotopic (exact) mass is 477 g/mol. The third kappa shape index (κ3) is 10.9. The molecule has 0 spiro atoms. The minimum absolute atomic E-state index is 0.0728. The van der Waals surface area contributed by atoms with Gasteiger partial charge >= 0.3 is 11.9 Å². The number of carboxylic acid groups (broad SMARTS) is 2. The van der Waals surface area contributed by atoms with Crippen LogP contribution < -0.4 is 27.4 Å². The number of carbonyl (C=O) groups excluding carboxylic acids is 4. The van der Waals surface area contributed by atoms with Gasteiger partial charge in [0.15, 0.2) is 0 Å². The first-order chi connectivity index (χ1) is 14.8. The van der Waals surface area contributed by atoms with Crippen LogP contribution in [0.2, 0.25) is 0 Å². The van der Waals surface area contributed by atoms with E-state index >= 15 is 0 Å². The van der Waals surface area contributed by atoms with Crippen LogP contribution in [0.15, 0.2) is 0 Å². The zero-order valence-electron chi connectivity index (χ0n) is 18.1. The molecule has 0 aromatic carbocycles. The van der Waals surface area contributed by atoms with E-state index in [4.69, 9.17) is 16.6 Å². The van der Waals surface area contributed by atoms with Gasteiger partial charge in [0.1, 0.15) is 18.1 Å². The lowest BCUT2D eigenvalue weighted by Crippen LogP contribution is -2.58. The Morgan fingerprint density at radius 2 is 1.31 bits per heavy atom. The summed E-state index contributed by atoms with van der Waals surface area (Å²) in [5.74, 6) is -6.42. The minimum atomic E-state index is -1.66. The third-order valence-corrected chi connectivity index (χ3v) is 4.94. The van der Waals surface area contributed by atoms with Gasteiger partial charge in [-0.25, -0.2) is 4.79 Å². The van der Waals surface area contributed by atoms with Crippen LogP contribution in [-0.2, 0) is 28.8 Å². The van der Waals surface area contributed by atoms with Crippen LogP contribution in [0.4, 0.5) is 0 Å². The number of rotatable bonds is 15. The van der Waals surface area contributed by atoms with E-state index in [1.165, 1.54) is 11.8 Å². The molecule has 0 aliphatic rings. The normalized spacial score (nSPS) is 14.5. The average Bonchev–Trinajstić information content (AvgIpc) is 2.67. The highest BCUT2D eigenvalue weighted by Gasteiger charge is 2.32. The summed E-state index contributed by atoms with van der Waals surface area (Å²) >= 11 is 1.35. The van der Waals surface area contributed by atoms with Crippen molar-refractivity contribution in [1.29, 1.82) is 0 Å². The molecular weight excluding hydrogens is 446 g/mol. The summed E-state index contributed by atoms with van der Waals surface area (Å²) in [5, 5.41) is 24.9. The molecule has 13 nitrogen and oxygen atoms in total. The van der Waals surface area contributed by atoms with Crippen molar-refractivity contribution in [3.63, 3.8) is 0 Å². The average molecular weight is 478 g/mol. The van der Waals surface area contributed by atoms with E-state index in [1.54, 1.807) is 20.1 Å². The molecule has 4 amide bonds. The lowest BCUT2D eigenvalue weighted by atomic mass is 10.0. The van der Waals surface area contributed by atoms with Gasteiger partial charge in [0.2, 0.25) is 23.6 Å². The number of hydrogen-bond donors (Lipinski definition) is 7. The van der Waals surface area contributed by atoms with E-state index in [9.17, 15) is 33.9 Å². The summed E-state index contributed by atoms with van der Waals surface area (Å²) < 4.78 is 0. The van der Waals surface area contributed by atoms with E-state index in [0.29, 0.717) is 5.75 Å². The number of carboxylic acids is 2. The second-order valence-corrected chi connectivity index (χ2v) is 8.33. The first kappa shape index (κ1) is 29.1. The largest absolute Gasteiger partial charge is 0.481 e. The maximum Gasteiger partial charge on any atom is 0.326 e. The van der Waals surface area contributed by atoms with E-state index in [1.807, 2.05) is 0 Å². The molecule has 14 heteroatoms. The Kier molecular flexibility index (Phi) is 13.0. The summed E-state index contributed by atoms with van der Waals surface area (Å²) in [6.07, 6.45) is 0.320. The van der Waals surface area contributed by atoms with E-state index < -0.39 is 72.6 Å². The Morgan fingerprint density at radius 1 is 0.844 bits per heavy atom. The highest BCUT2D eigenvalue weighted by molar-refractivity contribution is 7.98. The molecule has 32 heavy (non-hydrogen) atoms. The van der Waals surface area contributed by atoms with Crippen molar-refractivity contribution in [2.45, 2.75) is 57.3 Å². The van der Waals surface area contributed by atoms with Crippen molar-refractivity contribution in [1.82, 2.24) is 16.0 Å². The van der Waals surface area contributed by atoms with Gasteiger partial charge in [0.05, 0.1) is 18.9 Å². The van der Waals surface area contributed by atoms with Crippen LogP contribution in [0.5, 0.6) is 0 Å². The Labute approximate surface area is 189 Å². The molecule has 0 aliphatic heterocycles. The van der Waals surface area contributed by atoms with E-state index in [0.717, 1.165) is 0 Å². The van der Waals surface area contributed by atoms with Crippen LogP contribution >= 0.6 is 11.8 Å². The quantitative estimate of drug-likeness (QED) is 0.132. The standard InChI is InChI=1S/C18H31N5O8S/c1-8(2)14(20)17(29)23-10(6-12(19)24)15(27)22-11(7-13(25)26)16(28)21-9(18(30)31)4-5-32-3/h8-11,14H,4-7,20H2,1-3H3,(H2,19,24)(H,21,28)(H,22,27)(H,23,29)(H,25,26)(H,30,31). The molecule has 9 N–H and O–H groups in total. The van der Waals surface area contributed by atoms with Gasteiger partial charge in [-0.3, -0.25) is 24.0 Å². The fourth-order valence-corrected chi connectivity index (χ4v) is 2.87. The summed E-state index contributed by atoms with van der Waals surface area (Å²) in [5.41, 5.74) is 10.8. The van der Waals surface area contributed by atoms with Crippen molar-refractivity contribution in [2.75, 3.05) is 12.0 Å². The van der Waals surface area contributed by atoms with Crippen LogP contribution in [0.25, 0.3) is 0 Å². The van der Waals surface area contributed by atoms with Crippen molar-refractivity contribution >= 4 is 47.3 Å². The topological polar surface area (TPSA) is 231 Å². The highest BCUT2D eigenvalue weighted by Crippen LogP contribution is 2.05. The number of aliphatic carboxylic acids is 2.